The number of aromatic nitrogens is 4. The van der Waals surface area contributed by atoms with Crippen molar-refractivity contribution in [2.45, 2.75) is 13.5 Å². The highest BCUT2D eigenvalue weighted by Gasteiger charge is 2.15. The molecular weight excluding hydrogens is 344 g/mol. The average Bonchev–Trinajstić information content (AvgIpc) is 3.17. The molecule has 0 aromatic carbocycles. The van der Waals surface area contributed by atoms with Gasteiger partial charge >= 0.3 is 5.69 Å². The molecule has 130 valence electrons. The number of hydrogen-bond acceptors (Lipinski definition) is 6. The van der Waals surface area contributed by atoms with Gasteiger partial charge in [0.15, 0.2) is 11.2 Å². The molecule has 0 saturated heterocycles. The van der Waals surface area contributed by atoms with E-state index in [0.29, 0.717) is 0 Å². The summed E-state index contributed by atoms with van der Waals surface area (Å²) < 4.78 is 3.65. The van der Waals surface area contributed by atoms with Gasteiger partial charge in [0.05, 0.1) is 12.5 Å². The lowest BCUT2D eigenvalue weighted by Crippen LogP contribution is -2.38. The van der Waals surface area contributed by atoms with Crippen molar-refractivity contribution >= 4 is 34.6 Å². The van der Waals surface area contributed by atoms with Gasteiger partial charge in [-0.15, -0.1) is 11.3 Å². The van der Waals surface area contributed by atoms with Crippen LogP contribution in [0.25, 0.3) is 11.2 Å². The predicted molar refractivity (Wildman–Crippen MR) is 95.0 cm³/mol. The molecule has 3 aromatic heterocycles. The smallest absolute Gasteiger partial charge is 0.315 e. The third-order valence-electron chi connectivity index (χ3n) is 3.67. The van der Waals surface area contributed by atoms with Crippen molar-refractivity contribution in [2.75, 3.05) is 0 Å². The molecule has 1 N–H and O–H groups in total. The van der Waals surface area contributed by atoms with E-state index in [9.17, 15) is 14.4 Å². The molecule has 3 rings (SSSR count). The first-order valence-electron chi connectivity index (χ1n) is 7.37. The van der Waals surface area contributed by atoms with Crippen molar-refractivity contribution in [3.05, 3.63) is 49.1 Å². The zero-order valence-corrected chi connectivity index (χ0v) is 14.7. The third-order valence-corrected chi connectivity index (χ3v) is 4.61. The van der Waals surface area contributed by atoms with Gasteiger partial charge in [0, 0.05) is 23.8 Å². The molecule has 10 heteroatoms. The summed E-state index contributed by atoms with van der Waals surface area (Å²) in [5.74, 6) is -0.403. The summed E-state index contributed by atoms with van der Waals surface area (Å²) in [6, 6.07) is 3.87. The molecule has 0 aliphatic carbocycles. The lowest BCUT2D eigenvalue weighted by molar-refractivity contribution is -0.121. The maximum atomic E-state index is 12.3. The second-order valence-electron chi connectivity index (χ2n) is 5.49. The Labute approximate surface area is 145 Å². The predicted octanol–water partition coefficient (Wildman–Crippen LogP) is -0.0461. The Hall–Kier alpha value is -3.01. The van der Waals surface area contributed by atoms with E-state index in [1.165, 1.54) is 29.6 Å². The van der Waals surface area contributed by atoms with Crippen LogP contribution in [0.4, 0.5) is 0 Å². The van der Waals surface area contributed by atoms with Crippen LogP contribution in [0.3, 0.4) is 0 Å². The molecule has 0 atom stereocenters. The van der Waals surface area contributed by atoms with E-state index in [1.807, 2.05) is 19.1 Å². The minimum absolute atomic E-state index is 0.134. The molecule has 0 bridgehead atoms. The highest BCUT2D eigenvalue weighted by Crippen LogP contribution is 2.12. The van der Waals surface area contributed by atoms with E-state index in [2.05, 4.69) is 15.5 Å². The number of carbonyl (C=O) groups excluding carboxylic acids is 1. The van der Waals surface area contributed by atoms with Crippen LogP contribution in [-0.4, -0.2) is 30.8 Å². The van der Waals surface area contributed by atoms with Crippen molar-refractivity contribution in [2.24, 2.45) is 19.2 Å². The minimum atomic E-state index is -0.499. The Morgan fingerprint density at radius 3 is 2.76 bits per heavy atom. The standard InChI is InChI=1S/C15H16N6O3S/c1-9-4-5-10(25-9)6-17-18-11(22)7-21-8-16-13-12(21)14(23)20(3)15(24)19(13)2/h4-6,8H,7H2,1-3H3,(H,18,22)/b17-6+. The molecule has 0 aliphatic rings. The molecule has 25 heavy (non-hydrogen) atoms. The van der Waals surface area contributed by atoms with Gasteiger partial charge in [0.1, 0.15) is 6.54 Å². The molecule has 0 spiro atoms. The number of rotatable bonds is 4. The fourth-order valence-corrected chi connectivity index (χ4v) is 3.15. The summed E-state index contributed by atoms with van der Waals surface area (Å²) in [5.41, 5.74) is 1.87. The van der Waals surface area contributed by atoms with Crippen molar-refractivity contribution in [1.29, 1.82) is 0 Å². The van der Waals surface area contributed by atoms with Crippen molar-refractivity contribution in [3.63, 3.8) is 0 Å². The van der Waals surface area contributed by atoms with E-state index in [4.69, 9.17) is 0 Å². The average molecular weight is 360 g/mol. The number of hydrazone groups is 1. The van der Waals surface area contributed by atoms with Crippen LogP contribution >= 0.6 is 11.3 Å². The molecule has 0 fully saturated rings. The molecule has 3 heterocycles. The SMILES string of the molecule is Cc1ccc(/C=N/NC(=O)Cn2cnc3c2c(=O)n(C)c(=O)n3C)s1. The van der Waals surface area contributed by atoms with Gasteiger partial charge in [-0.2, -0.15) is 5.10 Å². The maximum Gasteiger partial charge on any atom is 0.332 e. The summed E-state index contributed by atoms with van der Waals surface area (Å²) in [6.45, 7) is 1.85. The van der Waals surface area contributed by atoms with Gasteiger partial charge in [0.2, 0.25) is 0 Å². The van der Waals surface area contributed by atoms with Crippen LogP contribution < -0.4 is 16.7 Å². The number of hydrogen-bond donors (Lipinski definition) is 1. The van der Waals surface area contributed by atoms with Crippen LogP contribution in [0.15, 0.2) is 33.2 Å². The number of fused-ring (bicyclic) bond motifs is 1. The quantitative estimate of drug-likeness (QED) is 0.520. The molecular formula is C15H16N6O3S. The van der Waals surface area contributed by atoms with E-state index >= 15 is 0 Å². The maximum absolute atomic E-state index is 12.3. The van der Waals surface area contributed by atoms with Gasteiger partial charge in [-0.05, 0) is 19.1 Å². The van der Waals surface area contributed by atoms with Crippen LogP contribution in [0.1, 0.15) is 9.75 Å². The van der Waals surface area contributed by atoms with Gasteiger partial charge in [-0.25, -0.2) is 15.2 Å². The summed E-state index contributed by atoms with van der Waals surface area (Å²) >= 11 is 1.56. The van der Waals surface area contributed by atoms with Gasteiger partial charge < -0.3 is 4.57 Å². The summed E-state index contributed by atoms with van der Waals surface area (Å²) in [4.78, 5) is 42.4. The number of carbonyl (C=O) groups is 1. The monoisotopic (exact) mass is 360 g/mol. The largest absolute Gasteiger partial charge is 0.332 e. The lowest BCUT2D eigenvalue weighted by atomic mass is 10.4. The number of imidazole rings is 1. The van der Waals surface area contributed by atoms with Crippen LogP contribution in [0.5, 0.6) is 0 Å². The zero-order valence-electron chi connectivity index (χ0n) is 13.9. The second kappa shape index (κ2) is 6.48. The molecule has 0 aliphatic heterocycles. The van der Waals surface area contributed by atoms with E-state index in [-0.39, 0.29) is 17.7 Å². The molecule has 3 aromatic rings. The molecule has 0 radical (unpaired) electrons. The Bertz CT molecular complexity index is 1100. The zero-order chi connectivity index (χ0) is 18.1. The fraction of sp³-hybridized carbons (Fsp3) is 0.267. The molecule has 0 unspecified atom stereocenters. The number of nitrogens with zero attached hydrogens (tertiary/aromatic N) is 5. The lowest BCUT2D eigenvalue weighted by Gasteiger charge is -2.05. The normalized spacial score (nSPS) is 11.5. The minimum Gasteiger partial charge on any atom is -0.315 e. The van der Waals surface area contributed by atoms with E-state index < -0.39 is 17.2 Å². The Kier molecular flexibility index (Phi) is 4.36. The first-order valence-corrected chi connectivity index (χ1v) is 8.19. The van der Waals surface area contributed by atoms with Gasteiger partial charge in [-0.1, -0.05) is 0 Å². The second-order valence-corrected chi connectivity index (χ2v) is 6.81. The summed E-state index contributed by atoms with van der Waals surface area (Å²) in [5, 5.41) is 3.90. The topological polar surface area (TPSA) is 103 Å². The van der Waals surface area contributed by atoms with Crippen molar-refractivity contribution in [1.82, 2.24) is 24.1 Å². The van der Waals surface area contributed by atoms with E-state index in [1.54, 1.807) is 17.6 Å². The Morgan fingerprint density at radius 1 is 1.32 bits per heavy atom. The Balaban J connectivity index is 1.81. The third kappa shape index (κ3) is 3.15. The number of nitrogens with one attached hydrogen (secondary N) is 1. The molecule has 1 amide bonds. The van der Waals surface area contributed by atoms with Crippen LogP contribution in [0.2, 0.25) is 0 Å². The first kappa shape index (κ1) is 16.8. The highest BCUT2D eigenvalue weighted by atomic mass is 32.1. The summed E-state index contributed by atoms with van der Waals surface area (Å²) in [6.07, 6.45) is 2.92. The number of aryl methyl sites for hydroxylation is 2. The van der Waals surface area contributed by atoms with Crippen LogP contribution in [0, 0.1) is 6.92 Å². The van der Waals surface area contributed by atoms with Gasteiger partial charge in [0.25, 0.3) is 11.5 Å². The first-order chi connectivity index (χ1) is 11.9. The van der Waals surface area contributed by atoms with E-state index in [0.717, 1.165) is 14.3 Å². The Morgan fingerprint density at radius 2 is 2.08 bits per heavy atom. The number of amides is 1. The van der Waals surface area contributed by atoms with Crippen LogP contribution in [-0.2, 0) is 25.4 Å². The number of thiophene rings is 1. The van der Waals surface area contributed by atoms with Crippen molar-refractivity contribution < 1.29 is 4.79 Å². The van der Waals surface area contributed by atoms with Gasteiger partial charge in [-0.3, -0.25) is 18.7 Å². The molecule has 9 nitrogen and oxygen atoms in total. The van der Waals surface area contributed by atoms with Crippen molar-refractivity contribution in [3.8, 4) is 0 Å². The fourth-order valence-electron chi connectivity index (χ4n) is 2.40. The summed E-state index contributed by atoms with van der Waals surface area (Å²) in [7, 11) is 2.91. The highest BCUT2D eigenvalue weighted by molar-refractivity contribution is 7.13. The molecule has 0 saturated carbocycles.